The molecule has 0 aliphatic carbocycles. The molecule has 0 spiro atoms. The minimum absolute atomic E-state index is 0.0965. The third-order valence-corrected chi connectivity index (χ3v) is 5.65. The van der Waals surface area contributed by atoms with E-state index in [0.29, 0.717) is 45.3 Å². The summed E-state index contributed by atoms with van der Waals surface area (Å²) in [6.07, 6.45) is 12.5. The maximum absolute atomic E-state index is 12.8. The number of nitrogens with one attached hydrogen (secondary N) is 1. The van der Waals surface area contributed by atoms with Gasteiger partial charge in [-0.1, -0.05) is 65.0 Å². The summed E-state index contributed by atoms with van der Waals surface area (Å²) in [7, 11) is 0. The Labute approximate surface area is 182 Å². The van der Waals surface area contributed by atoms with Crippen molar-refractivity contribution in [3.63, 3.8) is 0 Å². The maximum atomic E-state index is 12.8. The van der Waals surface area contributed by atoms with E-state index in [2.05, 4.69) is 51.4 Å². The zero-order valence-electron chi connectivity index (χ0n) is 19.1. The zero-order chi connectivity index (χ0) is 21.9. The van der Waals surface area contributed by atoms with Crippen molar-refractivity contribution >= 4 is 6.03 Å². The van der Waals surface area contributed by atoms with Gasteiger partial charge >= 0.3 is 6.03 Å². The van der Waals surface area contributed by atoms with Gasteiger partial charge in [0.25, 0.3) is 0 Å². The van der Waals surface area contributed by atoms with E-state index in [4.69, 9.17) is 4.74 Å². The van der Waals surface area contributed by atoms with Crippen LogP contribution >= 0.6 is 0 Å². The number of rotatable bonds is 10. The second-order valence-corrected chi connectivity index (χ2v) is 8.05. The highest BCUT2D eigenvalue weighted by molar-refractivity contribution is 5.75. The van der Waals surface area contributed by atoms with Crippen molar-refractivity contribution < 1.29 is 9.53 Å². The Balaban J connectivity index is 2.17. The highest BCUT2D eigenvalue weighted by atomic mass is 16.5. The average Bonchev–Trinajstić information content (AvgIpc) is 3.24. The van der Waals surface area contributed by atoms with Crippen molar-refractivity contribution in [3.05, 3.63) is 60.0 Å². The van der Waals surface area contributed by atoms with Crippen LogP contribution in [-0.2, 0) is 4.74 Å². The number of amides is 2. The Morgan fingerprint density at radius 2 is 1.93 bits per heavy atom. The molecule has 1 unspecified atom stereocenters. The van der Waals surface area contributed by atoms with E-state index in [0.717, 1.165) is 37.0 Å². The van der Waals surface area contributed by atoms with Crippen LogP contribution in [0.1, 0.15) is 46.5 Å². The van der Waals surface area contributed by atoms with Crippen molar-refractivity contribution in [2.75, 3.05) is 39.4 Å². The first kappa shape index (κ1) is 24.0. The van der Waals surface area contributed by atoms with Gasteiger partial charge in [0.15, 0.2) is 0 Å². The Hall–Kier alpha value is -2.27. The highest BCUT2D eigenvalue weighted by Gasteiger charge is 2.26. The molecule has 5 heteroatoms. The second-order valence-electron chi connectivity index (χ2n) is 8.05. The lowest BCUT2D eigenvalue weighted by atomic mass is 9.95. The molecule has 2 aliphatic heterocycles. The molecule has 1 atom stereocenters. The molecule has 0 radical (unpaired) electrons. The van der Waals surface area contributed by atoms with E-state index in [-0.39, 0.29) is 6.03 Å². The topological polar surface area (TPSA) is 44.8 Å². The van der Waals surface area contributed by atoms with Gasteiger partial charge in [0, 0.05) is 31.0 Å². The molecule has 166 valence electrons. The Bertz CT molecular complexity index is 699. The number of ether oxygens (including phenoxy) is 1. The van der Waals surface area contributed by atoms with E-state index < -0.39 is 0 Å². The molecule has 5 nitrogen and oxygen atoms in total. The summed E-state index contributed by atoms with van der Waals surface area (Å²) in [5, 5.41) is 3.66. The summed E-state index contributed by atoms with van der Waals surface area (Å²) in [5.74, 6) is 0.372. The van der Waals surface area contributed by atoms with Gasteiger partial charge in [0.1, 0.15) is 0 Å². The van der Waals surface area contributed by atoms with E-state index in [1.165, 1.54) is 11.3 Å². The molecule has 0 aromatic carbocycles. The lowest BCUT2D eigenvalue weighted by molar-refractivity contribution is 0.0454. The minimum atomic E-state index is 0.0965. The van der Waals surface area contributed by atoms with Crippen molar-refractivity contribution in [3.8, 4) is 0 Å². The molecule has 1 fully saturated rings. The standard InChI is InChI=1S/C25H39N3O2/c1-6-10-20(5)24(22(9-4)18-21(8-3)11-7-2)26-23-12-13-28(19-23)25(29)27-14-16-30-17-15-27/h8-9,12,18,20,26H,3-4,6-7,10-11,13-17,19H2,1-2,5H3/b21-18+,24-22+. The molecular formula is C25H39N3O2. The van der Waals surface area contributed by atoms with Crippen LogP contribution in [0.3, 0.4) is 0 Å². The van der Waals surface area contributed by atoms with Gasteiger partial charge in [-0.15, -0.1) is 0 Å². The van der Waals surface area contributed by atoms with E-state index in [1.54, 1.807) is 0 Å². The predicted molar refractivity (Wildman–Crippen MR) is 125 cm³/mol. The normalized spacial score (nSPS) is 19.2. The third kappa shape index (κ3) is 6.63. The third-order valence-electron chi connectivity index (χ3n) is 5.65. The monoisotopic (exact) mass is 413 g/mol. The second kappa shape index (κ2) is 12.4. The molecule has 2 rings (SSSR count). The van der Waals surface area contributed by atoms with Crippen LogP contribution in [0.15, 0.2) is 60.0 Å². The van der Waals surface area contributed by atoms with Gasteiger partial charge in [-0.3, -0.25) is 0 Å². The van der Waals surface area contributed by atoms with Crippen molar-refractivity contribution in [1.29, 1.82) is 0 Å². The summed E-state index contributed by atoms with van der Waals surface area (Å²) in [6, 6.07) is 0.0965. The lowest BCUT2D eigenvalue weighted by Crippen LogP contribution is -2.47. The lowest BCUT2D eigenvalue weighted by Gasteiger charge is -2.31. The molecule has 2 heterocycles. The Morgan fingerprint density at radius 3 is 2.53 bits per heavy atom. The summed E-state index contributed by atoms with van der Waals surface area (Å²) in [5.41, 5.74) is 4.59. The fourth-order valence-corrected chi connectivity index (χ4v) is 3.94. The quantitative estimate of drug-likeness (QED) is 0.512. The number of hydrogen-bond acceptors (Lipinski definition) is 3. The van der Waals surface area contributed by atoms with Crippen LogP contribution in [0.4, 0.5) is 4.79 Å². The molecule has 1 saturated heterocycles. The zero-order valence-corrected chi connectivity index (χ0v) is 19.1. The van der Waals surface area contributed by atoms with Crippen LogP contribution < -0.4 is 5.32 Å². The molecule has 0 bridgehead atoms. The molecular weight excluding hydrogens is 374 g/mol. The van der Waals surface area contributed by atoms with E-state index in [1.807, 2.05) is 22.0 Å². The molecule has 2 amide bonds. The fraction of sp³-hybridized carbons (Fsp3) is 0.560. The van der Waals surface area contributed by atoms with Crippen molar-refractivity contribution in [1.82, 2.24) is 15.1 Å². The van der Waals surface area contributed by atoms with E-state index >= 15 is 0 Å². The first-order chi connectivity index (χ1) is 14.5. The number of carbonyl (C=O) groups excluding carboxylic acids is 1. The molecule has 30 heavy (non-hydrogen) atoms. The van der Waals surface area contributed by atoms with Gasteiger partial charge in [0.05, 0.1) is 19.8 Å². The largest absolute Gasteiger partial charge is 0.378 e. The van der Waals surface area contributed by atoms with Crippen LogP contribution in [-0.4, -0.2) is 55.2 Å². The first-order valence-electron chi connectivity index (χ1n) is 11.3. The molecule has 0 saturated carbocycles. The van der Waals surface area contributed by atoms with Crippen LogP contribution in [0.2, 0.25) is 0 Å². The van der Waals surface area contributed by atoms with Crippen LogP contribution in [0.5, 0.6) is 0 Å². The molecule has 0 aromatic rings. The van der Waals surface area contributed by atoms with Crippen molar-refractivity contribution in [2.45, 2.75) is 46.5 Å². The summed E-state index contributed by atoms with van der Waals surface area (Å²) < 4.78 is 5.37. The van der Waals surface area contributed by atoms with E-state index in [9.17, 15) is 4.79 Å². The van der Waals surface area contributed by atoms with Gasteiger partial charge in [-0.05, 0) is 36.0 Å². The fourth-order valence-electron chi connectivity index (χ4n) is 3.94. The van der Waals surface area contributed by atoms with Gasteiger partial charge in [0.2, 0.25) is 0 Å². The average molecular weight is 414 g/mol. The SMILES string of the molecule is C=C/C(=C\C(C=C)=C(\NC1=CCN(C(=O)N2CCOCC2)C1)C(C)CCC)CCC. The number of hydrogen-bond donors (Lipinski definition) is 1. The van der Waals surface area contributed by atoms with Crippen molar-refractivity contribution in [2.24, 2.45) is 5.92 Å². The maximum Gasteiger partial charge on any atom is 0.320 e. The summed E-state index contributed by atoms with van der Waals surface area (Å²) in [6.45, 7) is 18.5. The van der Waals surface area contributed by atoms with Crippen LogP contribution in [0, 0.1) is 5.92 Å². The Kier molecular flexibility index (Phi) is 9.95. The molecule has 2 aliphatic rings. The van der Waals surface area contributed by atoms with Crippen LogP contribution in [0.25, 0.3) is 0 Å². The predicted octanol–water partition coefficient (Wildman–Crippen LogP) is 5.02. The Morgan fingerprint density at radius 1 is 1.20 bits per heavy atom. The molecule has 1 N–H and O–H groups in total. The summed E-state index contributed by atoms with van der Waals surface area (Å²) in [4.78, 5) is 16.6. The smallest absolute Gasteiger partial charge is 0.320 e. The molecule has 0 aromatic heterocycles. The minimum Gasteiger partial charge on any atom is -0.378 e. The van der Waals surface area contributed by atoms with Gasteiger partial charge in [-0.25, -0.2) is 4.79 Å². The van der Waals surface area contributed by atoms with Gasteiger partial charge < -0.3 is 19.9 Å². The number of nitrogens with zero attached hydrogens (tertiary/aromatic N) is 2. The first-order valence-corrected chi connectivity index (χ1v) is 11.3. The van der Waals surface area contributed by atoms with Gasteiger partial charge in [-0.2, -0.15) is 0 Å². The number of carbonyl (C=O) groups is 1. The highest BCUT2D eigenvalue weighted by Crippen LogP contribution is 2.24. The number of urea groups is 1. The number of allylic oxidation sites excluding steroid dienone is 6. The number of morpholine rings is 1. The summed E-state index contributed by atoms with van der Waals surface area (Å²) >= 11 is 0.